The van der Waals surface area contributed by atoms with E-state index in [1.165, 1.54) is 12.0 Å². The third-order valence-electron chi connectivity index (χ3n) is 3.93. The summed E-state index contributed by atoms with van der Waals surface area (Å²) in [5.74, 6) is 1.68. The van der Waals surface area contributed by atoms with Crippen molar-refractivity contribution in [2.45, 2.75) is 25.4 Å². The van der Waals surface area contributed by atoms with E-state index in [9.17, 15) is 0 Å². The Morgan fingerprint density at radius 3 is 2.43 bits per heavy atom. The molecule has 2 rings (SSSR count). The smallest absolute Gasteiger partial charge is 0.191 e. The molecule has 0 aliphatic heterocycles. The zero-order valence-corrected chi connectivity index (χ0v) is 15.7. The van der Waals surface area contributed by atoms with Gasteiger partial charge in [0, 0.05) is 19.6 Å². The summed E-state index contributed by atoms with van der Waals surface area (Å²) in [6.07, 6.45) is 1.25. The fraction of sp³-hybridized carbons (Fsp3) is 0.562. The average Bonchev–Trinajstić information content (AvgIpc) is 3.14. The van der Waals surface area contributed by atoms with Gasteiger partial charge in [-0.05, 0) is 32.0 Å². The molecule has 0 saturated heterocycles. The van der Waals surface area contributed by atoms with Gasteiger partial charge in [0.15, 0.2) is 5.96 Å². The van der Waals surface area contributed by atoms with Gasteiger partial charge in [0.1, 0.15) is 0 Å². The van der Waals surface area contributed by atoms with Crippen LogP contribution in [-0.2, 0) is 0 Å². The van der Waals surface area contributed by atoms with Gasteiger partial charge < -0.3 is 15.5 Å². The van der Waals surface area contributed by atoms with Crippen molar-refractivity contribution in [1.29, 1.82) is 0 Å². The molecule has 1 aliphatic rings. The fourth-order valence-electron chi connectivity index (χ4n) is 2.36. The van der Waals surface area contributed by atoms with Gasteiger partial charge in [0.05, 0.1) is 6.04 Å². The zero-order valence-electron chi connectivity index (χ0n) is 13.3. The first-order chi connectivity index (χ1) is 9.61. The van der Waals surface area contributed by atoms with E-state index in [4.69, 9.17) is 0 Å². The first kappa shape index (κ1) is 18.2. The molecule has 4 nitrogen and oxygen atoms in total. The van der Waals surface area contributed by atoms with Gasteiger partial charge in [-0.15, -0.1) is 24.0 Å². The quantitative estimate of drug-likeness (QED) is 0.452. The molecule has 3 atom stereocenters. The molecule has 3 unspecified atom stereocenters. The van der Waals surface area contributed by atoms with Crippen LogP contribution < -0.4 is 10.6 Å². The average molecular weight is 402 g/mol. The molecule has 118 valence electrons. The van der Waals surface area contributed by atoms with Crippen molar-refractivity contribution in [1.82, 2.24) is 15.5 Å². The molecule has 0 bridgehead atoms. The summed E-state index contributed by atoms with van der Waals surface area (Å²) in [6.45, 7) is 3.11. The molecule has 1 fully saturated rings. The number of halogens is 1. The number of aliphatic imine (C=N–C) groups is 1. The van der Waals surface area contributed by atoms with Crippen LogP contribution in [0.5, 0.6) is 0 Å². The van der Waals surface area contributed by atoms with Crippen molar-refractivity contribution < 1.29 is 0 Å². The van der Waals surface area contributed by atoms with Crippen LogP contribution in [0.3, 0.4) is 0 Å². The van der Waals surface area contributed by atoms with Crippen LogP contribution in [0.2, 0.25) is 0 Å². The Bertz CT molecular complexity index is 447. The Labute approximate surface area is 145 Å². The van der Waals surface area contributed by atoms with E-state index in [2.05, 4.69) is 71.9 Å². The summed E-state index contributed by atoms with van der Waals surface area (Å²) < 4.78 is 0. The molecule has 0 heterocycles. The number of hydrogen-bond donors (Lipinski definition) is 2. The Kier molecular flexibility index (Phi) is 7.45. The Hall–Kier alpha value is -0.820. The lowest BCUT2D eigenvalue weighted by atomic mass is 10.1. The van der Waals surface area contributed by atoms with Gasteiger partial charge in [-0.25, -0.2) is 0 Å². The maximum absolute atomic E-state index is 4.30. The number of rotatable bonds is 5. The molecule has 1 aliphatic carbocycles. The first-order valence-electron chi connectivity index (χ1n) is 7.30. The third-order valence-corrected chi connectivity index (χ3v) is 3.93. The van der Waals surface area contributed by atoms with E-state index in [-0.39, 0.29) is 24.0 Å². The van der Waals surface area contributed by atoms with Crippen LogP contribution in [0, 0.1) is 5.92 Å². The van der Waals surface area contributed by atoms with Crippen molar-refractivity contribution in [3.05, 3.63) is 35.9 Å². The molecule has 21 heavy (non-hydrogen) atoms. The maximum Gasteiger partial charge on any atom is 0.191 e. The van der Waals surface area contributed by atoms with Crippen LogP contribution >= 0.6 is 24.0 Å². The number of hydrogen-bond acceptors (Lipinski definition) is 2. The topological polar surface area (TPSA) is 39.7 Å². The molecule has 0 aromatic heterocycles. The SMILES string of the molecule is CN=C(NCC(c1ccccc1)N(C)C)NC1CC1C.I. The van der Waals surface area contributed by atoms with E-state index in [0.717, 1.165) is 18.4 Å². The lowest BCUT2D eigenvalue weighted by molar-refractivity contribution is 0.298. The van der Waals surface area contributed by atoms with E-state index >= 15 is 0 Å². The monoisotopic (exact) mass is 402 g/mol. The summed E-state index contributed by atoms with van der Waals surface area (Å²) >= 11 is 0. The molecular weight excluding hydrogens is 375 g/mol. The summed E-state index contributed by atoms with van der Waals surface area (Å²) in [5.41, 5.74) is 1.32. The molecule has 1 aromatic carbocycles. The predicted octanol–water partition coefficient (Wildman–Crippen LogP) is 2.48. The molecular formula is C16H27IN4. The van der Waals surface area contributed by atoms with Crippen molar-refractivity contribution in [3.8, 4) is 0 Å². The van der Waals surface area contributed by atoms with Crippen LogP contribution in [-0.4, -0.2) is 44.6 Å². The van der Waals surface area contributed by atoms with Crippen molar-refractivity contribution in [3.63, 3.8) is 0 Å². The molecule has 0 amide bonds. The number of nitrogens with one attached hydrogen (secondary N) is 2. The molecule has 1 aromatic rings. The molecule has 1 saturated carbocycles. The van der Waals surface area contributed by atoms with Gasteiger partial charge in [0.2, 0.25) is 0 Å². The van der Waals surface area contributed by atoms with Gasteiger partial charge in [0.25, 0.3) is 0 Å². The standard InChI is InChI=1S/C16H26N4.HI/c1-12-10-14(12)19-16(17-2)18-11-15(20(3)4)13-8-6-5-7-9-13;/h5-9,12,14-15H,10-11H2,1-4H3,(H2,17,18,19);1H. The van der Waals surface area contributed by atoms with Crippen LogP contribution in [0.15, 0.2) is 35.3 Å². The Morgan fingerprint density at radius 1 is 1.33 bits per heavy atom. The van der Waals surface area contributed by atoms with Crippen LogP contribution in [0.25, 0.3) is 0 Å². The molecule has 0 radical (unpaired) electrons. The minimum Gasteiger partial charge on any atom is -0.354 e. The highest BCUT2D eigenvalue weighted by atomic mass is 127. The van der Waals surface area contributed by atoms with E-state index in [0.29, 0.717) is 12.1 Å². The second-order valence-electron chi connectivity index (χ2n) is 5.81. The van der Waals surface area contributed by atoms with Gasteiger partial charge in [-0.1, -0.05) is 37.3 Å². The predicted molar refractivity (Wildman–Crippen MR) is 100 cm³/mol. The summed E-state index contributed by atoms with van der Waals surface area (Å²) in [6, 6.07) is 11.5. The minimum atomic E-state index is 0. The third kappa shape index (κ3) is 5.47. The lowest BCUT2D eigenvalue weighted by Crippen LogP contribution is -2.42. The van der Waals surface area contributed by atoms with Gasteiger partial charge in [-0.2, -0.15) is 0 Å². The Morgan fingerprint density at radius 2 is 1.95 bits per heavy atom. The highest BCUT2D eigenvalue weighted by Gasteiger charge is 2.33. The lowest BCUT2D eigenvalue weighted by Gasteiger charge is -2.26. The van der Waals surface area contributed by atoms with Crippen LogP contribution in [0.4, 0.5) is 0 Å². The second-order valence-corrected chi connectivity index (χ2v) is 5.81. The summed E-state index contributed by atoms with van der Waals surface area (Å²) in [7, 11) is 6.05. The number of benzene rings is 1. The zero-order chi connectivity index (χ0) is 14.5. The number of nitrogens with zero attached hydrogens (tertiary/aromatic N) is 2. The summed E-state index contributed by atoms with van der Waals surface area (Å²) in [5, 5.41) is 6.89. The maximum atomic E-state index is 4.30. The highest BCUT2D eigenvalue weighted by Crippen LogP contribution is 2.28. The van der Waals surface area contributed by atoms with Crippen molar-refractivity contribution in [2.24, 2.45) is 10.9 Å². The first-order valence-corrected chi connectivity index (χ1v) is 7.30. The minimum absolute atomic E-state index is 0. The Balaban J connectivity index is 0.00000220. The number of likely N-dealkylation sites (N-methyl/N-ethyl adjacent to an activating group) is 1. The van der Waals surface area contributed by atoms with E-state index < -0.39 is 0 Å². The molecule has 5 heteroatoms. The molecule has 2 N–H and O–H groups in total. The number of guanidine groups is 1. The largest absolute Gasteiger partial charge is 0.354 e. The highest BCUT2D eigenvalue weighted by molar-refractivity contribution is 14.0. The van der Waals surface area contributed by atoms with Crippen molar-refractivity contribution >= 4 is 29.9 Å². The second kappa shape index (κ2) is 8.58. The van der Waals surface area contributed by atoms with Crippen molar-refractivity contribution in [2.75, 3.05) is 27.7 Å². The van der Waals surface area contributed by atoms with E-state index in [1.54, 1.807) is 0 Å². The normalized spacial score (nSPS) is 22.4. The molecule has 0 spiro atoms. The van der Waals surface area contributed by atoms with Crippen LogP contribution in [0.1, 0.15) is 24.9 Å². The van der Waals surface area contributed by atoms with Gasteiger partial charge in [-0.3, -0.25) is 4.99 Å². The summed E-state index contributed by atoms with van der Waals surface area (Å²) in [4.78, 5) is 6.54. The van der Waals surface area contributed by atoms with Gasteiger partial charge >= 0.3 is 0 Å². The fourth-order valence-corrected chi connectivity index (χ4v) is 2.36. The van der Waals surface area contributed by atoms with E-state index in [1.807, 2.05) is 7.05 Å².